The highest BCUT2D eigenvalue weighted by Crippen LogP contribution is 2.20. The minimum Gasteiger partial charge on any atom is -0.352 e. The SMILES string of the molecule is CCc1cc2c(=O)n(CC(=O)NC(C)C)cnc2s1. The minimum atomic E-state index is -0.177. The zero-order chi connectivity index (χ0) is 14.0. The molecule has 0 spiro atoms. The van der Waals surface area contributed by atoms with Crippen molar-refractivity contribution in [3.63, 3.8) is 0 Å². The molecule has 0 aliphatic heterocycles. The molecular formula is C13H17N3O2S. The molecule has 2 aromatic rings. The maximum Gasteiger partial charge on any atom is 0.262 e. The fourth-order valence-electron chi connectivity index (χ4n) is 1.82. The summed E-state index contributed by atoms with van der Waals surface area (Å²) in [6.45, 7) is 5.82. The number of hydrogen-bond acceptors (Lipinski definition) is 4. The molecule has 102 valence electrons. The largest absolute Gasteiger partial charge is 0.352 e. The fraction of sp³-hybridized carbons (Fsp3) is 0.462. The van der Waals surface area contributed by atoms with E-state index in [1.165, 1.54) is 22.2 Å². The lowest BCUT2D eigenvalue weighted by molar-refractivity contribution is -0.122. The topological polar surface area (TPSA) is 64.0 Å². The predicted octanol–water partition coefficient (Wildman–Crippen LogP) is 1.54. The van der Waals surface area contributed by atoms with Crippen molar-refractivity contribution in [1.29, 1.82) is 0 Å². The zero-order valence-electron chi connectivity index (χ0n) is 11.3. The van der Waals surface area contributed by atoms with Crippen LogP contribution in [0.15, 0.2) is 17.2 Å². The van der Waals surface area contributed by atoms with Gasteiger partial charge in [-0.2, -0.15) is 0 Å². The number of carbonyl (C=O) groups excluding carboxylic acids is 1. The number of nitrogens with one attached hydrogen (secondary N) is 1. The number of carbonyl (C=O) groups is 1. The summed E-state index contributed by atoms with van der Waals surface area (Å²) in [6.07, 6.45) is 2.33. The monoisotopic (exact) mass is 279 g/mol. The fourth-order valence-corrected chi connectivity index (χ4v) is 2.74. The highest BCUT2D eigenvalue weighted by Gasteiger charge is 2.11. The molecule has 1 amide bonds. The maximum atomic E-state index is 12.2. The van der Waals surface area contributed by atoms with Crippen molar-refractivity contribution in [3.8, 4) is 0 Å². The Morgan fingerprint density at radius 1 is 1.53 bits per heavy atom. The Morgan fingerprint density at radius 3 is 2.89 bits per heavy atom. The minimum absolute atomic E-state index is 0.0112. The Hall–Kier alpha value is -1.69. The van der Waals surface area contributed by atoms with E-state index in [-0.39, 0.29) is 24.1 Å². The van der Waals surface area contributed by atoms with Gasteiger partial charge in [-0.15, -0.1) is 11.3 Å². The smallest absolute Gasteiger partial charge is 0.262 e. The third-order valence-electron chi connectivity index (χ3n) is 2.68. The van der Waals surface area contributed by atoms with Crippen LogP contribution in [0.4, 0.5) is 0 Å². The average molecular weight is 279 g/mol. The summed E-state index contributed by atoms with van der Waals surface area (Å²) in [4.78, 5) is 30.0. The lowest BCUT2D eigenvalue weighted by atomic mass is 10.3. The van der Waals surface area contributed by atoms with Crippen molar-refractivity contribution < 1.29 is 4.79 Å². The van der Waals surface area contributed by atoms with Crippen molar-refractivity contribution in [2.24, 2.45) is 0 Å². The van der Waals surface area contributed by atoms with Gasteiger partial charge in [0.2, 0.25) is 5.91 Å². The van der Waals surface area contributed by atoms with Crippen molar-refractivity contribution in [2.75, 3.05) is 0 Å². The lowest BCUT2D eigenvalue weighted by Gasteiger charge is -2.09. The predicted molar refractivity (Wildman–Crippen MR) is 76.5 cm³/mol. The molecule has 0 aromatic carbocycles. The Balaban J connectivity index is 2.32. The third-order valence-corrected chi connectivity index (χ3v) is 3.87. The molecule has 1 N–H and O–H groups in total. The number of rotatable bonds is 4. The van der Waals surface area contributed by atoms with Crippen LogP contribution in [-0.4, -0.2) is 21.5 Å². The van der Waals surface area contributed by atoms with Crippen LogP contribution >= 0.6 is 11.3 Å². The Labute approximate surface area is 115 Å². The highest BCUT2D eigenvalue weighted by atomic mass is 32.1. The number of thiophene rings is 1. The molecule has 2 aromatic heterocycles. The number of nitrogens with zero attached hydrogens (tertiary/aromatic N) is 2. The molecule has 2 heterocycles. The molecule has 0 bridgehead atoms. The number of hydrogen-bond donors (Lipinski definition) is 1. The van der Waals surface area contributed by atoms with Gasteiger partial charge in [-0.05, 0) is 26.3 Å². The van der Waals surface area contributed by atoms with Crippen LogP contribution in [0.1, 0.15) is 25.6 Å². The normalized spacial score (nSPS) is 11.2. The van der Waals surface area contributed by atoms with Crippen LogP contribution in [0.25, 0.3) is 10.2 Å². The standard InChI is InChI=1S/C13H17N3O2S/c1-4-9-5-10-12(19-9)14-7-16(13(10)18)6-11(17)15-8(2)3/h5,7-8H,4,6H2,1-3H3,(H,15,17). The van der Waals surface area contributed by atoms with Gasteiger partial charge in [0.1, 0.15) is 11.4 Å². The summed E-state index contributed by atoms with van der Waals surface area (Å²) in [6, 6.07) is 1.93. The highest BCUT2D eigenvalue weighted by molar-refractivity contribution is 7.18. The molecule has 0 saturated heterocycles. The molecule has 2 rings (SSSR count). The number of fused-ring (bicyclic) bond motifs is 1. The first kappa shape index (κ1) is 13.7. The second kappa shape index (κ2) is 5.52. The van der Waals surface area contributed by atoms with Crippen molar-refractivity contribution in [2.45, 2.75) is 39.8 Å². The van der Waals surface area contributed by atoms with E-state index in [4.69, 9.17) is 0 Å². The molecule has 0 aliphatic rings. The van der Waals surface area contributed by atoms with E-state index in [1.54, 1.807) is 0 Å². The molecule has 0 saturated carbocycles. The maximum absolute atomic E-state index is 12.2. The van der Waals surface area contributed by atoms with Crippen molar-refractivity contribution in [1.82, 2.24) is 14.9 Å². The van der Waals surface area contributed by atoms with E-state index in [0.717, 1.165) is 16.1 Å². The second-order valence-corrected chi connectivity index (χ2v) is 5.80. The second-order valence-electron chi connectivity index (χ2n) is 4.68. The molecule has 0 aliphatic carbocycles. The van der Waals surface area contributed by atoms with Crippen LogP contribution in [0.5, 0.6) is 0 Å². The van der Waals surface area contributed by atoms with Crippen LogP contribution in [0.3, 0.4) is 0 Å². The number of aromatic nitrogens is 2. The Morgan fingerprint density at radius 2 is 2.26 bits per heavy atom. The molecule has 0 atom stereocenters. The molecule has 0 fully saturated rings. The van der Waals surface area contributed by atoms with E-state index in [0.29, 0.717) is 5.39 Å². The van der Waals surface area contributed by atoms with E-state index in [9.17, 15) is 9.59 Å². The van der Waals surface area contributed by atoms with Crippen molar-refractivity contribution >= 4 is 27.5 Å². The summed E-state index contributed by atoms with van der Waals surface area (Å²) in [5.41, 5.74) is -0.153. The average Bonchev–Trinajstić information content (AvgIpc) is 2.76. The first-order valence-electron chi connectivity index (χ1n) is 6.28. The molecule has 0 radical (unpaired) electrons. The van der Waals surface area contributed by atoms with Crippen LogP contribution in [0.2, 0.25) is 0 Å². The van der Waals surface area contributed by atoms with Crippen molar-refractivity contribution in [3.05, 3.63) is 27.6 Å². The number of amides is 1. The van der Waals surface area contributed by atoms with Gasteiger partial charge in [-0.25, -0.2) is 4.98 Å². The van der Waals surface area contributed by atoms with E-state index < -0.39 is 0 Å². The van der Waals surface area contributed by atoms with Gasteiger partial charge >= 0.3 is 0 Å². The summed E-state index contributed by atoms with van der Waals surface area (Å²) >= 11 is 1.52. The van der Waals surface area contributed by atoms with Gasteiger partial charge in [0, 0.05) is 10.9 Å². The summed E-state index contributed by atoms with van der Waals surface area (Å²) in [7, 11) is 0. The molecule has 5 nitrogen and oxygen atoms in total. The summed E-state index contributed by atoms with van der Waals surface area (Å²) < 4.78 is 1.35. The lowest BCUT2D eigenvalue weighted by Crippen LogP contribution is -2.36. The van der Waals surface area contributed by atoms with Gasteiger partial charge in [-0.3, -0.25) is 14.2 Å². The van der Waals surface area contributed by atoms with Gasteiger partial charge in [0.05, 0.1) is 11.7 Å². The van der Waals surface area contributed by atoms with Gasteiger partial charge in [0.25, 0.3) is 5.56 Å². The van der Waals surface area contributed by atoms with E-state index >= 15 is 0 Å². The Bertz CT molecular complexity index is 657. The van der Waals surface area contributed by atoms with E-state index in [1.807, 2.05) is 26.8 Å². The summed E-state index contributed by atoms with van der Waals surface area (Å²) in [5, 5.41) is 3.36. The van der Waals surface area contributed by atoms with Gasteiger partial charge in [0.15, 0.2) is 0 Å². The first-order valence-corrected chi connectivity index (χ1v) is 7.10. The Kier molecular flexibility index (Phi) is 3.99. The zero-order valence-corrected chi connectivity index (χ0v) is 12.1. The molecule has 19 heavy (non-hydrogen) atoms. The van der Waals surface area contributed by atoms with E-state index in [2.05, 4.69) is 10.3 Å². The third kappa shape index (κ3) is 3.01. The van der Waals surface area contributed by atoms with Crippen LogP contribution in [0, 0.1) is 0 Å². The molecular weight excluding hydrogens is 262 g/mol. The first-order chi connectivity index (χ1) is 9.01. The summed E-state index contributed by atoms with van der Waals surface area (Å²) in [5.74, 6) is -0.177. The van der Waals surface area contributed by atoms with Gasteiger partial charge in [-0.1, -0.05) is 6.92 Å². The van der Waals surface area contributed by atoms with Crippen LogP contribution < -0.4 is 10.9 Å². The number of aryl methyl sites for hydroxylation is 1. The van der Waals surface area contributed by atoms with Gasteiger partial charge < -0.3 is 5.32 Å². The molecule has 0 unspecified atom stereocenters. The quantitative estimate of drug-likeness (QED) is 0.923. The van der Waals surface area contributed by atoms with Crippen LogP contribution in [-0.2, 0) is 17.8 Å². The molecule has 6 heteroatoms.